The molecule has 1 aliphatic heterocycles. The van der Waals surface area contributed by atoms with Crippen LogP contribution >= 0.6 is 22.9 Å². The van der Waals surface area contributed by atoms with Crippen LogP contribution in [0.4, 0.5) is 15.2 Å². The monoisotopic (exact) mass is 497 g/mol. The van der Waals surface area contributed by atoms with Gasteiger partial charge in [0.15, 0.2) is 5.13 Å². The second kappa shape index (κ2) is 9.91. The maximum Gasteiger partial charge on any atom is 0.266 e. The van der Waals surface area contributed by atoms with E-state index < -0.39 is 20.7 Å². The Morgan fingerprint density at radius 1 is 1.25 bits per heavy atom. The molecule has 1 aliphatic carbocycles. The van der Waals surface area contributed by atoms with Crippen LogP contribution in [0.25, 0.3) is 0 Å². The van der Waals surface area contributed by atoms with Gasteiger partial charge in [-0.2, -0.15) is 5.26 Å². The molecule has 0 radical (unpaired) electrons. The number of aromatic nitrogens is 1. The molecule has 0 spiro atoms. The fourth-order valence-corrected chi connectivity index (χ4v) is 6.78. The van der Waals surface area contributed by atoms with Crippen LogP contribution in [0.3, 0.4) is 0 Å². The van der Waals surface area contributed by atoms with Crippen LogP contribution in [0.15, 0.2) is 28.6 Å². The lowest BCUT2D eigenvalue weighted by Crippen LogP contribution is -2.52. The van der Waals surface area contributed by atoms with E-state index in [2.05, 4.69) is 26.0 Å². The Morgan fingerprint density at radius 2 is 2.06 bits per heavy atom. The third-order valence-electron chi connectivity index (χ3n) is 6.14. The molecule has 1 aromatic carbocycles. The fraction of sp³-hybridized carbons (Fsp3) is 0.524. The van der Waals surface area contributed by atoms with Gasteiger partial charge in [-0.05, 0) is 44.4 Å². The van der Waals surface area contributed by atoms with Gasteiger partial charge in [0.25, 0.3) is 10.0 Å². The molecule has 172 valence electrons. The van der Waals surface area contributed by atoms with Gasteiger partial charge < -0.3 is 5.32 Å². The third kappa shape index (κ3) is 5.17. The van der Waals surface area contributed by atoms with Gasteiger partial charge in [0.05, 0.1) is 22.7 Å². The maximum absolute atomic E-state index is 14.9. The van der Waals surface area contributed by atoms with Crippen LogP contribution in [-0.4, -0.2) is 43.5 Å². The molecule has 1 saturated heterocycles. The quantitative estimate of drug-likeness (QED) is 0.600. The molecular weight excluding hydrogens is 473 g/mol. The number of hydrogen-bond acceptors (Lipinski definition) is 7. The van der Waals surface area contributed by atoms with Crippen LogP contribution in [-0.2, 0) is 10.0 Å². The summed E-state index contributed by atoms with van der Waals surface area (Å²) in [7, 11) is -4.15. The Hall–Kier alpha value is -1.93. The summed E-state index contributed by atoms with van der Waals surface area (Å²) >= 11 is 7.50. The van der Waals surface area contributed by atoms with E-state index in [1.807, 2.05) is 0 Å². The number of nitrogens with zero attached hydrogens (tertiary/aromatic N) is 3. The first kappa shape index (κ1) is 23.2. The summed E-state index contributed by atoms with van der Waals surface area (Å²) in [5.41, 5.74) is 0.378. The van der Waals surface area contributed by atoms with Crippen LogP contribution in [0, 0.1) is 23.1 Å². The van der Waals surface area contributed by atoms with E-state index in [1.54, 1.807) is 5.38 Å². The molecule has 0 amide bonds. The molecule has 3 atom stereocenters. The van der Waals surface area contributed by atoms with E-state index in [0.717, 1.165) is 75.1 Å². The van der Waals surface area contributed by atoms with Crippen molar-refractivity contribution in [1.82, 2.24) is 9.88 Å². The smallest absolute Gasteiger partial charge is 0.266 e. The lowest BCUT2D eigenvalue weighted by molar-refractivity contribution is 0.105. The highest BCUT2D eigenvalue weighted by atomic mass is 35.5. The fourth-order valence-electron chi connectivity index (χ4n) is 4.62. The number of hydrogen-bond donors (Lipinski definition) is 2. The summed E-state index contributed by atoms with van der Waals surface area (Å²) in [6, 6.07) is 4.96. The number of likely N-dealkylation sites (tertiary alicyclic amines) is 1. The topological polar surface area (TPSA) is 98.1 Å². The minimum atomic E-state index is -4.15. The van der Waals surface area contributed by atoms with Crippen molar-refractivity contribution in [2.45, 2.75) is 55.5 Å². The first-order valence-electron chi connectivity index (χ1n) is 10.7. The van der Waals surface area contributed by atoms with Crippen molar-refractivity contribution in [3.05, 3.63) is 34.5 Å². The lowest BCUT2D eigenvalue weighted by Gasteiger charge is -2.43. The molecule has 2 aliphatic rings. The number of piperidine rings is 1. The second-order valence-electron chi connectivity index (χ2n) is 8.27. The second-order valence-corrected chi connectivity index (χ2v) is 11.2. The predicted octanol–water partition coefficient (Wildman–Crippen LogP) is 4.70. The van der Waals surface area contributed by atoms with Gasteiger partial charge in [-0.15, -0.1) is 11.3 Å². The lowest BCUT2D eigenvalue weighted by atomic mass is 9.86. The molecule has 0 bridgehead atoms. The minimum Gasteiger partial charge on any atom is -0.379 e. The largest absolute Gasteiger partial charge is 0.379 e. The average molecular weight is 498 g/mol. The summed E-state index contributed by atoms with van der Waals surface area (Å²) in [5.74, 6) is -0.835. The summed E-state index contributed by atoms with van der Waals surface area (Å²) in [6.45, 7) is 1.70. The van der Waals surface area contributed by atoms with Gasteiger partial charge in [-0.3, -0.25) is 9.62 Å². The molecule has 1 unspecified atom stereocenters. The van der Waals surface area contributed by atoms with Gasteiger partial charge >= 0.3 is 0 Å². The van der Waals surface area contributed by atoms with Crippen molar-refractivity contribution in [3.8, 4) is 6.07 Å². The zero-order valence-corrected chi connectivity index (χ0v) is 19.8. The molecular formula is C21H25ClFN5O2S2. The van der Waals surface area contributed by atoms with E-state index in [9.17, 15) is 18.1 Å². The molecule has 2 aromatic rings. The Morgan fingerprint density at radius 3 is 2.81 bits per heavy atom. The van der Waals surface area contributed by atoms with Crippen LogP contribution in [0.2, 0.25) is 5.02 Å². The number of rotatable bonds is 6. The maximum atomic E-state index is 14.9. The van der Waals surface area contributed by atoms with Gasteiger partial charge in [0.2, 0.25) is 0 Å². The van der Waals surface area contributed by atoms with Gasteiger partial charge in [-0.25, -0.2) is 17.8 Å². The molecule has 2 heterocycles. The summed E-state index contributed by atoms with van der Waals surface area (Å²) in [4.78, 5) is 5.73. The van der Waals surface area contributed by atoms with E-state index in [4.69, 9.17) is 11.6 Å². The van der Waals surface area contributed by atoms with Crippen molar-refractivity contribution >= 4 is 43.8 Å². The normalized spacial score (nSPS) is 24.6. The summed E-state index contributed by atoms with van der Waals surface area (Å²) < 4.78 is 42.3. The van der Waals surface area contributed by atoms with Gasteiger partial charge in [0, 0.05) is 30.2 Å². The van der Waals surface area contributed by atoms with E-state index in [0.29, 0.717) is 5.69 Å². The molecule has 11 heteroatoms. The summed E-state index contributed by atoms with van der Waals surface area (Å²) in [5, 5.41) is 14.6. The SMILES string of the molecule is N#C[C@@H]1CCCN([C@H]2CCCCC2Nc2cc(F)c(S(=O)(=O)Nc3nccs3)cc2Cl)C1. The first-order valence-corrected chi connectivity index (χ1v) is 13.4. The van der Waals surface area contributed by atoms with Crippen LogP contribution in [0.5, 0.6) is 0 Å². The Kier molecular flexibility index (Phi) is 7.20. The number of nitrogens with one attached hydrogen (secondary N) is 2. The Bertz CT molecular complexity index is 1090. The van der Waals surface area contributed by atoms with Crippen molar-refractivity contribution in [3.63, 3.8) is 0 Å². The number of anilines is 2. The molecule has 4 rings (SSSR count). The average Bonchev–Trinajstić information content (AvgIpc) is 3.28. The van der Waals surface area contributed by atoms with E-state index in [1.165, 1.54) is 6.20 Å². The van der Waals surface area contributed by atoms with E-state index in [-0.39, 0.29) is 28.2 Å². The van der Waals surface area contributed by atoms with Crippen molar-refractivity contribution in [2.75, 3.05) is 23.1 Å². The molecule has 1 aromatic heterocycles. The number of nitriles is 1. The van der Waals surface area contributed by atoms with E-state index >= 15 is 0 Å². The number of sulfonamides is 1. The highest BCUT2D eigenvalue weighted by Gasteiger charge is 2.34. The molecule has 32 heavy (non-hydrogen) atoms. The predicted molar refractivity (Wildman–Crippen MR) is 124 cm³/mol. The number of halogens is 2. The van der Waals surface area contributed by atoms with Gasteiger partial charge in [-0.1, -0.05) is 24.4 Å². The highest BCUT2D eigenvalue weighted by molar-refractivity contribution is 7.93. The van der Waals surface area contributed by atoms with Crippen LogP contribution in [0.1, 0.15) is 38.5 Å². The van der Waals surface area contributed by atoms with Crippen molar-refractivity contribution in [1.29, 1.82) is 5.26 Å². The molecule has 2 fully saturated rings. The highest BCUT2D eigenvalue weighted by Crippen LogP contribution is 2.34. The molecule has 2 N–H and O–H groups in total. The zero-order chi connectivity index (χ0) is 22.7. The zero-order valence-electron chi connectivity index (χ0n) is 17.4. The van der Waals surface area contributed by atoms with Gasteiger partial charge in [0.1, 0.15) is 10.7 Å². The molecule has 7 nitrogen and oxygen atoms in total. The third-order valence-corrected chi connectivity index (χ3v) is 8.62. The number of thiazole rings is 1. The number of benzene rings is 1. The standard InChI is InChI=1S/C21H25ClFN5O2S2/c22-15-10-20(32(29,30)27-21-25-7-9-31-21)16(23)11-18(15)26-17-5-1-2-6-19(17)28-8-3-4-14(12-24)13-28/h7,9-11,14,17,19,26H,1-6,8,13H2,(H,25,27)/t14-,17?,19-/m0/s1. The minimum absolute atomic E-state index is 0.0437. The summed E-state index contributed by atoms with van der Waals surface area (Å²) in [6.07, 6.45) is 7.45. The Labute approximate surface area is 196 Å². The Balaban J connectivity index is 1.53. The first-order chi connectivity index (χ1) is 15.4. The van der Waals surface area contributed by atoms with Crippen LogP contribution < -0.4 is 10.0 Å². The van der Waals surface area contributed by atoms with Crippen molar-refractivity contribution in [2.24, 2.45) is 5.92 Å². The van der Waals surface area contributed by atoms with Crippen molar-refractivity contribution < 1.29 is 12.8 Å². The molecule has 1 saturated carbocycles.